The van der Waals surface area contributed by atoms with Crippen molar-refractivity contribution in [2.45, 2.75) is 48.4 Å². The van der Waals surface area contributed by atoms with Gasteiger partial charge in [0.1, 0.15) is 11.9 Å². The van der Waals surface area contributed by atoms with Crippen molar-refractivity contribution in [3.05, 3.63) is 17.1 Å². The Bertz CT molecular complexity index is 774. The van der Waals surface area contributed by atoms with Crippen LogP contribution >= 0.6 is 33.9 Å². The summed E-state index contributed by atoms with van der Waals surface area (Å²) < 4.78 is 24.1. The summed E-state index contributed by atoms with van der Waals surface area (Å²) in [5, 5.41) is 6.03. The number of halogens is 2. The highest BCUT2D eigenvalue weighted by Crippen LogP contribution is 2.43. The molecule has 0 atom stereocenters. The van der Waals surface area contributed by atoms with Crippen LogP contribution in [0.25, 0.3) is 10.8 Å². The van der Waals surface area contributed by atoms with Crippen LogP contribution < -0.4 is 10.1 Å². The lowest BCUT2D eigenvalue weighted by Gasteiger charge is -2.37. The molecule has 2 aromatic heterocycles. The Morgan fingerprint density at radius 1 is 1.31 bits per heavy atom. The Morgan fingerprint density at radius 2 is 2.08 bits per heavy atom. The molecule has 6 nitrogen and oxygen atoms in total. The van der Waals surface area contributed by atoms with E-state index in [9.17, 15) is 4.39 Å². The Balaban J connectivity index is 1.56. The number of rotatable bonds is 5. The zero-order chi connectivity index (χ0) is 18.1. The highest BCUT2D eigenvalue weighted by molar-refractivity contribution is 14.1. The minimum Gasteiger partial charge on any atom is -0.474 e. The molecule has 26 heavy (non-hydrogen) atoms. The minimum atomic E-state index is -1.11. The molecule has 0 spiro atoms. The van der Waals surface area contributed by atoms with Gasteiger partial charge >= 0.3 is 0 Å². The molecular weight excluding hydrogens is 470 g/mol. The van der Waals surface area contributed by atoms with Gasteiger partial charge in [-0.2, -0.15) is 4.98 Å². The van der Waals surface area contributed by atoms with Gasteiger partial charge in [-0.05, 0) is 29.5 Å². The van der Waals surface area contributed by atoms with Crippen LogP contribution in [0.15, 0.2) is 11.4 Å². The molecule has 4 rings (SSSR count). The number of hydrogen-bond acceptors (Lipinski definition) is 7. The van der Waals surface area contributed by atoms with Gasteiger partial charge in [0.05, 0.1) is 13.2 Å². The number of alkyl halides is 2. The summed E-state index contributed by atoms with van der Waals surface area (Å²) in [6.45, 7) is 3.35. The van der Waals surface area contributed by atoms with E-state index >= 15 is 0 Å². The van der Waals surface area contributed by atoms with Gasteiger partial charge in [-0.25, -0.2) is 14.4 Å². The topological polar surface area (TPSA) is 69.2 Å². The SMILES string of the molecule is Cc1csc(-c2nc(NC3CC(F)(I)C3)cc(OC3CCOCC3)n2)n1. The number of aryl methyl sites for hydroxylation is 1. The third kappa shape index (κ3) is 4.42. The van der Waals surface area contributed by atoms with E-state index in [1.165, 1.54) is 11.3 Å². The third-order valence-electron chi connectivity index (χ3n) is 4.41. The van der Waals surface area contributed by atoms with Crippen molar-refractivity contribution in [3.8, 4) is 16.7 Å². The second-order valence-corrected chi connectivity index (χ2v) is 9.54. The first-order chi connectivity index (χ1) is 12.5. The summed E-state index contributed by atoms with van der Waals surface area (Å²) in [6, 6.07) is 1.87. The lowest BCUT2D eigenvalue weighted by atomic mass is 9.91. The number of hydrogen-bond donors (Lipinski definition) is 1. The van der Waals surface area contributed by atoms with Crippen molar-refractivity contribution in [2.24, 2.45) is 0 Å². The largest absolute Gasteiger partial charge is 0.474 e. The molecule has 2 aromatic rings. The van der Waals surface area contributed by atoms with Gasteiger partial charge in [0.15, 0.2) is 14.5 Å². The van der Waals surface area contributed by atoms with Gasteiger partial charge in [0, 0.05) is 48.9 Å². The number of nitrogens with one attached hydrogen (secondary N) is 1. The zero-order valence-corrected chi connectivity index (χ0v) is 17.3. The van der Waals surface area contributed by atoms with Crippen molar-refractivity contribution in [1.82, 2.24) is 15.0 Å². The van der Waals surface area contributed by atoms with E-state index in [1.807, 2.05) is 34.9 Å². The van der Waals surface area contributed by atoms with Crippen LogP contribution in [-0.4, -0.2) is 44.0 Å². The van der Waals surface area contributed by atoms with Crippen LogP contribution in [0.1, 0.15) is 31.4 Å². The van der Waals surface area contributed by atoms with Crippen LogP contribution in [-0.2, 0) is 4.74 Å². The molecule has 9 heteroatoms. The summed E-state index contributed by atoms with van der Waals surface area (Å²) in [5.41, 5.74) is 0.935. The fourth-order valence-electron chi connectivity index (χ4n) is 3.05. The number of nitrogens with zero attached hydrogens (tertiary/aromatic N) is 3. The minimum absolute atomic E-state index is 0.0774. The van der Waals surface area contributed by atoms with E-state index < -0.39 is 3.68 Å². The van der Waals surface area contributed by atoms with E-state index in [0.717, 1.165) is 23.5 Å². The molecule has 140 valence electrons. The van der Waals surface area contributed by atoms with Gasteiger partial charge in [-0.15, -0.1) is 11.3 Å². The summed E-state index contributed by atoms with van der Waals surface area (Å²) >= 11 is 3.37. The average Bonchev–Trinajstić information content (AvgIpc) is 3.00. The van der Waals surface area contributed by atoms with E-state index in [2.05, 4.69) is 20.3 Å². The number of anilines is 1. The van der Waals surface area contributed by atoms with E-state index in [0.29, 0.717) is 43.6 Å². The number of thiazole rings is 1. The van der Waals surface area contributed by atoms with Crippen molar-refractivity contribution in [3.63, 3.8) is 0 Å². The van der Waals surface area contributed by atoms with Crippen molar-refractivity contribution in [2.75, 3.05) is 18.5 Å². The smallest absolute Gasteiger partial charge is 0.219 e. The Kier molecular flexibility index (Phi) is 5.29. The summed E-state index contributed by atoms with van der Waals surface area (Å²) in [5.74, 6) is 1.72. The summed E-state index contributed by atoms with van der Waals surface area (Å²) in [7, 11) is 0. The molecule has 0 unspecified atom stereocenters. The predicted molar refractivity (Wildman–Crippen MR) is 107 cm³/mol. The molecule has 1 saturated carbocycles. The van der Waals surface area contributed by atoms with Crippen LogP contribution in [0, 0.1) is 6.92 Å². The molecule has 2 fully saturated rings. The average molecular weight is 490 g/mol. The van der Waals surface area contributed by atoms with E-state index in [-0.39, 0.29) is 12.1 Å². The van der Waals surface area contributed by atoms with Crippen LogP contribution in [0.4, 0.5) is 10.2 Å². The second kappa shape index (κ2) is 7.51. The molecule has 1 saturated heterocycles. The highest BCUT2D eigenvalue weighted by Gasteiger charge is 2.42. The molecular formula is C17H20FIN4O2S. The zero-order valence-electron chi connectivity index (χ0n) is 14.4. The first-order valence-corrected chi connectivity index (χ1v) is 10.6. The fraction of sp³-hybridized carbons (Fsp3) is 0.588. The predicted octanol–water partition coefficient (Wildman–Crippen LogP) is 4.14. The Labute approximate surface area is 169 Å². The standard InChI is InChI=1S/C17H20FIN4O2S/c1-10-9-26-16(20-10)15-22-13(21-11-7-17(18,19)8-11)6-14(23-15)25-12-2-4-24-5-3-12/h6,9,11-12H,2-5,7-8H2,1H3,(H,21,22,23). The maximum Gasteiger partial charge on any atom is 0.219 e. The maximum absolute atomic E-state index is 13.8. The normalized spacial score (nSPS) is 26.3. The monoisotopic (exact) mass is 490 g/mol. The molecule has 0 amide bonds. The number of ether oxygens (including phenoxy) is 2. The lowest BCUT2D eigenvalue weighted by molar-refractivity contribution is 0.0238. The molecule has 1 aliphatic carbocycles. The fourth-order valence-corrected chi connectivity index (χ4v) is 4.84. The highest BCUT2D eigenvalue weighted by atomic mass is 127. The molecule has 0 radical (unpaired) electrons. The van der Waals surface area contributed by atoms with E-state index in [1.54, 1.807) is 6.07 Å². The summed E-state index contributed by atoms with van der Waals surface area (Å²) in [6.07, 6.45) is 2.73. The third-order valence-corrected chi connectivity index (χ3v) is 6.25. The second-order valence-electron chi connectivity index (χ2n) is 6.74. The van der Waals surface area contributed by atoms with Crippen LogP contribution in [0.5, 0.6) is 5.88 Å². The van der Waals surface area contributed by atoms with Crippen molar-refractivity contribution in [1.29, 1.82) is 0 Å². The van der Waals surface area contributed by atoms with Crippen molar-refractivity contribution < 1.29 is 13.9 Å². The molecule has 2 aliphatic rings. The maximum atomic E-state index is 13.8. The quantitative estimate of drug-likeness (QED) is 0.502. The molecule has 0 bridgehead atoms. The first kappa shape index (κ1) is 18.3. The molecule has 0 aromatic carbocycles. The molecule has 1 aliphatic heterocycles. The van der Waals surface area contributed by atoms with Crippen LogP contribution in [0.2, 0.25) is 0 Å². The first-order valence-electron chi connectivity index (χ1n) is 8.67. The summed E-state index contributed by atoms with van der Waals surface area (Å²) in [4.78, 5) is 13.6. The van der Waals surface area contributed by atoms with Crippen molar-refractivity contribution >= 4 is 39.7 Å². The van der Waals surface area contributed by atoms with Gasteiger partial charge in [-0.3, -0.25) is 0 Å². The van der Waals surface area contributed by atoms with Gasteiger partial charge in [-0.1, -0.05) is 0 Å². The molecule has 1 N–H and O–H groups in total. The number of aromatic nitrogens is 3. The van der Waals surface area contributed by atoms with Gasteiger partial charge < -0.3 is 14.8 Å². The molecule has 3 heterocycles. The van der Waals surface area contributed by atoms with Crippen LogP contribution in [0.3, 0.4) is 0 Å². The van der Waals surface area contributed by atoms with Gasteiger partial charge in [0.25, 0.3) is 0 Å². The van der Waals surface area contributed by atoms with Gasteiger partial charge in [0.2, 0.25) is 5.88 Å². The van der Waals surface area contributed by atoms with E-state index in [4.69, 9.17) is 9.47 Å². The Hall–Kier alpha value is -1.07. The lowest BCUT2D eigenvalue weighted by Crippen LogP contribution is -2.43. The Morgan fingerprint density at radius 3 is 2.73 bits per heavy atom.